The lowest BCUT2D eigenvalue weighted by Crippen LogP contribution is -2.17. The molecule has 0 bridgehead atoms. The number of carbonyl (C=O) groups excluding carboxylic acids is 1. The summed E-state index contributed by atoms with van der Waals surface area (Å²) in [4.78, 5) is 16.7. The molecule has 2 N–H and O–H groups in total. The summed E-state index contributed by atoms with van der Waals surface area (Å²) in [6.45, 7) is 5.45. The van der Waals surface area contributed by atoms with Crippen LogP contribution in [0.2, 0.25) is 0 Å². The van der Waals surface area contributed by atoms with Crippen molar-refractivity contribution in [3.63, 3.8) is 0 Å². The number of aryl methyl sites for hydroxylation is 1. The van der Waals surface area contributed by atoms with Crippen molar-refractivity contribution in [1.82, 2.24) is 5.39 Å². The van der Waals surface area contributed by atoms with E-state index in [2.05, 4.69) is 4.84 Å². The maximum absolute atomic E-state index is 12.2. The van der Waals surface area contributed by atoms with Crippen LogP contribution in [0.5, 0.6) is 0 Å². The number of hydrogen-bond acceptors (Lipinski definition) is 7. The molecule has 0 amide bonds. The number of nitrogens with zero attached hydrogens (tertiary/aromatic N) is 1. The van der Waals surface area contributed by atoms with Crippen LogP contribution in [0.3, 0.4) is 0 Å². The third-order valence-electron chi connectivity index (χ3n) is 4.50. The van der Waals surface area contributed by atoms with Gasteiger partial charge in [-0.1, -0.05) is 19.9 Å². The topological polar surface area (TPSA) is 102 Å². The molecule has 1 aliphatic heterocycles. The minimum atomic E-state index is -0.739. The highest BCUT2D eigenvalue weighted by atomic mass is 17.1. The number of carbonyl (C=O) groups is 1. The molecule has 0 saturated carbocycles. The Morgan fingerprint density at radius 3 is 2.86 bits per heavy atom. The van der Waals surface area contributed by atoms with Crippen LogP contribution in [0.4, 0.5) is 0 Å². The molecular formula is C15H18NO6-. The van der Waals surface area contributed by atoms with Crippen molar-refractivity contribution in [3.05, 3.63) is 39.1 Å². The molecule has 0 unspecified atom stereocenters. The first-order valence-electron chi connectivity index (χ1n) is 7.06. The van der Waals surface area contributed by atoms with Gasteiger partial charge >= 0.3 is 5.97 Å². The standard InChI is InChI=1S/C15H18NO6/c1-7-4-8-9(5-15(2,3)13(8)17)12-11(7)10(22-14(12)18)6-21-16(19)20/h4,10,13,17,19H,5-6H2,1-3H3/q-1/t10-,13-/m1/s1. The van der Waals surface area contributed by atoms with E-state index >= 15 is 0 Å². The molecule has 2 atom stereocenters. The number of aliphatic hydroxyl groups is 1. The van der Waals surface area contributed by atoms with Gasteiger partial charge in [-0.25, -0.2) is 4.79 Å². The summed E-state index contributed by atoms with van der Waals surface area (Å²) in [5, 5.41) is 28.8. The van der Waals surface area contributed by atoms with Crippen LogP contribution in [-0.2, 0) is 16.0 Å². The molecule has 22 heavy (non-hydrogen) atoms. The van der Waals surface area contributed by atoms with E-state index in [9.17, 15) is 15.1 Å². The van der Waals surface area contributed by atoms with E-state index in [1.54, 1.807) is 0 Å². The largest absolute Gasteiger partial charge is 0.738 e. The van der Waals surface area contributed by atoms with Crippen LogP contribution in [0.1, 0.15) is 58.7 Å². The SMILES string of the molecule is Cc1cc2c(c3c1[C@@H](CON([O-])O)OC3=O)CC(C)(C)[C@@H]2O. The van der Waals surface area contributed by atoms with E-state index in [4.69, 9.17) is 9.94 Å². The average molecular weight is 308 g/mol. The van der Waals surface area contributed by atoms with Gasteiger partial charge in [0.05, 0.1) is 11.7 Å². The minimum Gasteiger partial charge on any atom is -0.738 e. The molecule has 1 heterocycles. The monoisotopic (exact) mass is 308 g/mol. The van der Waals surface area contributed by atoms with Gasteiger partial charge in [0, 0.05) is 5.56 Å². The Bertz CT molecular complexity index is 639. The molecule has 7 nitrogen and oxygen atoms in total. The molecule has 3 rings (SSSR count). The molecule has 120 valence electrons. The Kier molecular flexibility index (Phi) is 3.50. The van der Waals surface area contributed by atoms with Gasteiger partial charge in [-0.2, -0.15) is 0 Å². The third kappa shape index (κ3) is 2.22. The third-order valence-corrected chi connectivity index (χ3v) is 4.50. The van der Waals surface area contributed by atoms with Crippen molar-refractivity contribution in [1.29, 1.82) is 0 Å². The van der Waals surface area contributed by atoms with Crippen LogP contribution < -0.4 is 0 Å². The van der Waals surface area contributed by atoms with Crippen LogP contribution >= 0.6 is 0 Å². The van der Waals surface area contributed by atoms with E-state index < -0.39 is 23.6 Å². The zero-order chi connectivity index (χ0) is 16.2. The van der Waals surface area contributed by atoms with Crippen LogP contribution in [-0.4, -0.2) is 28.3 Å². The van der Waals surface area contributed by atoms with Gasteiger partial charge in [0.1, 0.15) is 6.61 Å². The number of fused-ring (bicyclic) bond motifs is 3. The normalized spacial score (nSPS) is 25.3. The fourth-order valence-electron chi connectivity index (χ4n) is 3.45. The maximum Gasteiger partial charge on any atom is 0.339 e. The fraction of sp³-hybridized carbons (Fsp3) is 0.533. The molecule has 7 heteroatoms. The lowest BCUT2D eigenvalue weighted by molar-refractivity contribution is -0.313. The number of esters is 1. The summed E-state index contributed by atoms with van der Waals surface area (Å²) >= 11 is 0. The van der Waals surface area contributed by atoms with Gasteiger partial charge in [-0.15, -0.1) is 5.39 Å². The summed E-state index contributed by atoms with van der Waals surface area (Å²) in [5.41, 5.74) is 3.12. The molecule has 0 aromatic heterocycles. The van der Waals surface area contributed by atoms with Crippen molar-refractivity contribution in [2.75, 3.05) is 6.61 Å². The van der Waals surface area contributed by atoms with E-state index in [0.29, 0.717) is 17.5 Å². The van der Waals surface area contributed by atoms with Crippen molar-refractivity contribution in [2.24, 2.45) is 5.41 Å². The van der Waals surface area contributed by atoms with Gasteiger partial charge in [-0.3, -0.25) is 4.84 Å². The van der Waals surface area contributed by atoms with Gasteiger partial charge in [-0.05, 0) is 35.4 Å². The second kappa shape index (κ2) is 5.00. The number of cyclic esters (lactones) is 1. The Morgan fingerprint density at radius 2 is 2.23 bits per heavy atom. The summed E-state index contributed by atoms with van der Waals surface area (Å²) in [6.07, 6.45) is -0.802. The number of hydrogen-bond donors (Lipinski definition) is 2. The minimum absolute atomic E-state index is 0.260. The zero-order valence-corrected chi connectivity index (χ0v) is 12.6. The van der Waals surface area contributed by atoms with Gasteiger partial charge < -0.3 is 20.3 Å². The molecule has 1 aromatic carbocycles. The quantitative estimate of drug-likeness (QED) is 0.649. The smallest absolute Gasteiger partial charge is 0.339 e. The Labute approximate surface area is 127 Å². The number of rotatable bonds is 3. The number of aliphatic hydroxyl groups excluding tert-OH is 1. The Hall–Kier alpha value is -1.51. The van der Waals surface area contributed by atoms with Crippen molar-refractivity contribution >= 4 is 5.97 Å². The lowest BCUT2D eigenvalue weighted by atomic mass is 9.87. The van der Waals surface area contributed by atoms with Gasteiger partial charge in [0.2, 0.25) is 0 Å². The van der Waals surface area contributed by atoms with Crippen LogP contribution in [0.25, 0.3) is 0 Å². The van der Waals surface area contributed by atoms with E-state index in [1.807, 2.05) is 26.8 Å². The Balaban J connectivity index is 2.06. The maximum atomic E-state index is 12.2. The molecule has 1 aliphatic carbocycles. The highest BCUT2D eigenvalue weighted by Gasteiger charge is 2.44. The van der Waals surface area contributed by atoms with E-state index in [0.717, 1.165) is 16.7 Å². The number of ether oxygens (including phenoxy) is 1. The number of benzene rings is 1. The summed E-state index contributed by atoms with van der Waals surface area (Å²) < 4.78 is 5.27. The predicted molar refractivity (Wildman–Crippen MR) is 74.7 cm³/mol. The molecule has 0 fully saturated rings. The molecule has 0 saturated heterocycles. The first kappa shape index (κ1) is 15.4. The Morgan fingerprint density at radius 1 is 1.55 bits per heavy atom. The second-order valence-electron chi connectivity index (χ2n) is 6.55. The van der Waals surface area contributed by atoms with Crippen LogP contribution in [0, 0.1) is 17.5 Å². The van der Waals surface area contributed by atoms with Crippen LogP contribution in [0.15, 0.2) is 6.07 Å². The molecule has 0 radical (unpaired) electrons. The highest BCUT2D eigenvalue weighted by Crippen LogP contribution is 2.50. The van der Waals surface area contributed by atoms with Gasteiger partial charge in [0.25, 0.3) is 0 Å². The van der Waals surface area contributed by atoms with Crippen molar-refractivity contribution in [3.8, 4) is 0 Å². The first-order valence-corrected chi connectivity index (χ1v) is 7.06. The summed E-state index contributed by atoms with van der Waals surface area (Å²) in [5.74, 6) is -0.483. The lowest BCUT2D eigenvalue weighted by Gasteiger charge is -2.22. The van der Waals surface area contributed by atoms with Crippen molar-refractivity contribution < 1.29 is 24.7 Å². The molecule has 0 spiro atoms. The molecule has 1 aromatic rings. The second-order valence-corrected chi connectivity index (χ2v) is 6.55. The highest BCUT2D eigenvalue weighted by molar-refractivity contribution is 5.97. The summed E-state index contributed by atoms with van der Waals surface area (Å²) in [7, 11) is 0. The summed E-state index contributed by atoms with van der Waals surface area (Å²) in [6, 6.07) is 1.86. The predicted octanol–water partition coefficient (Wildman–Crippen LogP) is 1.94. The fourth-order valence-corrected chi connectivity index (χ4v) is 3.45. The zero-order valence-electron chi connectivity index (χ0n) is 12.6. The first-order chi connectivity index (χ1) is 10.2. The molecule has 2 aliphatic rings. The van der Waals surface area contributed by atoms with E-state index in [-0.39, 0.29) is 12.0 Å². The average Bonchev–Trinajstić information content (AvgIpc) is 2.86. The van der Waals surface area contributed by atoms with Gasteiger partial charge in [0.15, 0.2) is 6.10 Å². The van der Waals surface area contributed by atoms with E-state index in [1.165, 1.54) is 0 Å². The molecular weight excluding hydrogens is 290 g/mol. The van der Waals surface area contributed by atoms with Crippen molar-refractivity contribution in [2.45, 2.75) is 39.4 Å².